The van der Waals surface area contributed by atoms with Gasteiger partial charge in [-0.15, -0.1) is 0 Å². The summed E-state index contributed by atoms with van der Waals surface area (Å²) in [7, 11) is 0. The highest BCUT2D eigenvalue weighted by Crippen LogP contribution is 2.21. The molecule has 0 bridgehead atoms. The number of rotatable bonds is 2. The molecule has 0 radical (unpaired) electrons. The third-order valence-corrected chi connectivity index (χ3v) is 2.66. The lowest BCUT2D eigenvalue weighted by Crippen LogP contribution is -2.04. The molecule has 18 heavy (non-hydrogen) atoms. The number of aromatic nitrogens is 3. The van der Waals surface area contributed by atoms with Crippen LogP contribution in [0.5, 0.6) is 0 Å². The minimum Gasteiger partial charge on any atom is -0.477 e. The summed E-state index contributed by atoms with van der Waals surface area (Å²) in [6.07, 6.45) is 3.42. The van der Waals surface area contributed by atoms with Crippen molar-refractivity contribution < 1.29 is 9.90 Å². The summed E-state index contributed by atoms with van der Waals surface area (Å²) < 4.78 is 1.64. The van der Waals surface area contributed by atoms with Gasteiger partial charge >= 0.3 is 5.97 Å². The van der Waals surface area contributed by atoms with Crippen LogP contribution in [0.4, 0.5) is 0 Å². The maximum atomic E-state index is 11.1. The highest BCUT2D eigenvalue weighted by molar-refractivity contribution is 5.94. The molecule has 1 N–H and O–H groups in total. The number of benzene rings is 1. The number of nitrogens with zero attached hydrogens (tertiary/aromatic N) is 3. The van der Waals surface area contributed by atoms with Gasteiger partial charge in [0.05, 0.1) is 11.2 Å². The second kappa shape index (κ2) is 3.96. The SMILES string of the molecule is O=C(O)c1cc(-n2cccn2)c2ccccc2n1. The van der Waals surface area contributed by atoms with E-state index in [0.717, 1.165) is 5.39 Å². The van der Waals surface area contributed by atoms with E-state index in [1.54, 1.807) is 29.2 Å². The summed E-state index contributed by atoms with van der Waals surface area (Å²) in [5.41, 5.74) is 1.37. The molecule has 0 aliphatic heterocycles. The Morgan fingerprint density at radius 1 is 1.22 bits per heavy atom. The quantitative estimate of drug-likeness (QED) is 0.743. The van der Waals surface area contributed by atoms with E-state index in [2.05, 4.69) is 10.1 Å². The number of carboxylic acids is 1. The summed E-state index contributed by atoms with van der Waals surface area (Å²) in [4.78, 5) is 15.2. The van der Waals surface area contributed by atoms with E-state index in [4.69, 9.17) is 5.11 Å². The fraction of sp³-hybridized carbons (Fsp3) is 0. The second-order valence-electron chi connectivity index (χ2n) is 3.80. The van der Waals surface area contributed by atoms with Gasteiger partial charge in [0.25, 0.3) is 0 Å². The van der Waals surface area contributed by atoms with Gasteiger partial charge in [-0.1, -0.05) is 18.2 Å². The zero-order valence-corrected chi connectivity index (χ0v) is 9.32. The van der Waals surface area contributed by atoms with Crippen LogP contribution in [0.15, 0.2) is 48.8 Å². The molecule has 0 aliphatic rings. The molecule has 0 atom stereocenters. The number of fused-ring (bicyclic) bond motifs is 1. The maximum Gasteiger partial charge on any atom is 0.354 e. The lowest BCUT2D eigenvalue weighted by molar-refractivity contribution is 0.0691. The monoisotopic (exact) mass is 239 g/mol. The zero-order chi connectivity index (χ0) is 12.5. The Morgan fingerprint density at radius 2 is 2.06 bits per heavy atom. The Morgan fingerprint density at radius 3 is 2.78 bits per heavy atom. The topological polar surface area (TPSA) is 68.0 Å². The Balaban J connectivity index is 2.37. The van der Waals surface area contributed by atoms with Crippen molar-refractivity contribution in [2.24, 2.45) is 0 Å². The molecule has 5 heteroatoms. The first kappa shape index (κ1) is 10.5. The first-order valence-electron chi connectivity index (χ1n) is 5.39. The van der Waals surface area contributed by atoms with E-state index in [9.17, 15) is 4.79 Å². The molecule has 0 unspecified atom stereocenters. The minimum atomic E-state index is -1.05. The van der Waals surface area contributed by atoms with Crippen LogP contribution in [-0.2, 0) is 0 Å². The third kappa shape index (κ3) is 1.62. The number of para-hydroxylation sites is 1. The predicted octanol–water partition coefficient (Wildman–Crippen LogP) is 2.12. The molecular weight excluding hydrogens is 230 g/mol. The number of aromatic carboxylic acids is 1. The average molecular weight is 239 g/mol. The van der Waals surface area contributed by atoms with Gasteiger partial charge in [-0.3, -0.25) is 0 Å². The molecule has 1 aromatic carbocycles. The molecule has 88 valence electrons. The summed E-state index contributed by atoms with van der Waals surface area (Å²) in [6, 6.07) is 10.7. The number of hydrogen-bond donors (Lipinski definition) is 1. The van der Waals surface area contributed by atoms with Gasteiger partial charge < -0.3 is 5.11 Å². The predicted molar refractivity (Wildman–Crippen MR) is 65.8 cm³/mol. The number of pyridine rings is 1. The summed E-state index contributed by atoms with van der Waals surface area (Å²) >= 11 is 0. The molecule has 0 aliphatic carbocycles. The van der Waals surface area contributed by atoms with Gasteiger partial charge in [-0.25, -0.2) is 14.5 Å². The number of hydrogen-bond acceptors (Lipinski definition) is 3. The fourth-order valence-corrected chi connectivity index (χ4v) is 1.87. The van der Waals surface area contributed by atoms with Crippen molar-refractivity contribution in [3.8, 4) is 5.69 Å². The maximum absolute atomic E-state index is 11.1. The van der Waals surface area contributed by atoms with Gasteiger partial charge in [0, 0.05) is 17.8 Å². The number of carboxylic acid groups (broad SMARTS) is 1. The molecule has 0 saturated heterocycles. The summed E-state index contributed by atoms with van der Waals surface area (Å²) in [6.45, 7) is 0. The normalized spacial score (nSPS) is 10.7. The van der Waals surface area contributed by atoms with Crippen LogP contribution in [0.25, 0.3) is 16.6 Å². The molecule has 2 heterocycles. The molecule has 0 saturated carbocycles. The molecule has 3 rings (SSSR count). The van der Waals surface area contributed by atoms with Crippen molar-refractivity contribution in [2.45, 2.75) is 0 Å². The first-order valence-corrected chi connectivity index (χ1v) is 5.39. The molecule has 2 aromatic heterocycles. The molecule has 0 spiro atoms. The molecular formula is C13H9N3O2. The molecule has 3 aromatic rings. The van der Waals surface area contributed by atoms with Crippen molar-refractivity contribution in [2.75, 3.05) is 0 Å². The lowest BCUT2D eigenvalue weighted by atomic mass is 10.1. The van der Waals surface area contributed by atoms with E-state index in [0.29, 0.717) is 11.2 Å². The second-order valence-corrected chi connectivity index (χ2v) is 3.80. The smallest absolute Gasteiger partial charge is 0.354 e. The van der Waals surface area contributed by atoms with Gasteiger partial charge in [-0.2, -0.15) is 5.10 Å². The van der Waals surface area contributed by atoms with Crippen LogP contribution in [-0.4, -0.2) is 25.8 Å². The molecule has 5 nitrogen and oxygen atoms in total. The van der Waals surface area contributed by atoms with E-state index >= 15 is 0 Å². The standard InChI is InChI=1S/C13H9N3O2/c17-13(18)11-8-12(16-7-3-6-14-16)9-4-1-2-5-10(9)15-11/h1-8H,(H,17,18). The van der Waals surface area contributed by atoms with Gasteiger partial charge in [-0.05, 0) is 18.2 Å². The van der Waals surface area contributed by atoms with E-state index in [1.165, 1.54) is 6.07 Å². The van der Waals surface area contributed by atoms with Crippen LogP contribution < -0.4 is 0 Å². The van der Waals surface area contributed by atoms with Crippen LogP contribution >= 0.6 is 0 Å². The Labute approximate surface area is 102 Å². The van der Waals surface area contributed by atoms with Crippen molar-refractivity contribution in [1.82, 2.24) is 14.8 Å². The van der Waals surface area contributed by atoms with Crippen molar-refractivity contribution in [3.63, 3.8) is 0 Å². The first-order chi connectivity index (χ1) is 8.75. The Kier molecular flexibility index (Phi) is 2.30. The van der Waals surface area contributed by atoms with Gasteiger partial charge in [0.2, 0.25) is 0 Å². The van der Waals surface area contributed by atoms with Crippen LogP contribution in [0.2, 0.25) is 0 Å². The summed E-state index contributed by atoms with van der Waals surface area (Å²) in [5, 5.41) is 14.1. The van der Waals surface area contributed by atoms with Gasteiger partial charge in [0.15, 0.2) is 5.69 Å². The van der Waals surface area contributed by atoms with Crippen molar-refractivity contribution in [1.29, 1.82) is 0 Å². The van der Waals surface area contributed by atoms with E-state index < -0.39 is 5.97 Å². The Bertz CT molecular complexity index is 720. The summed E-state index contributed by atoms with van der Waals surface area (Å²) in [5.74, 6) is -1.05. The van der Waals surface area contributed by atoms with Crippen molar-refractivity contribution >= 4 is 16.9 Å². The molecule has 0 fully saturated rings. The van der Waals surface area contributed by atoms with Crippen LogP contribution in [0.3, 0.4) is 0 Å². The zero-order valence-electron chi connectivity index (χ0n) is 9.32. The fourth-order valence-electron chi connectivity index (χ4n) is 1.87. The highest BCUT2D eigenvalue weighted by Gasteiger charge is 2.11. The molecule has 0 amide bonds. The van der Waals surface area contributed by atoms with E-state index in [1.807, 2.05) is 18.2 Å². The van der Waals surface area contributed by atoms with Crippen molar-refractivity contribution in [3.05, 3.63) is 54.5 Å². The van der Waals surface area contributed by atoms with Gasteiger partial charge in [0.1, 0.15) is 0 Å². The van der Waals surface area contributed by atoms with E-state index in [-0.39, 0.29) is 5.69 Å². The third-order valence-electron chi connectivity index (χ3n) is 2.66. The Hall–Kier alpha value is -2.69. The minimum absolute atomic E-state index is 0.0131. The van der Waals surface area contributed by atoms with Crippen LogP contribution in [0, 0.1) is 0 Å². The largest absolute Gasteiger partial charge is 0.477 e. The number of carbonyl (C=O) groups is 1. The average Bonchev–Trinajstić information content (AvgIpc) is 2.91. The lowest BCUT2D eigenvalue weighted by Gasteiger charge is -2.07. The highest BCUT2D eigenvalue weighted by atomic mass is 16.4. The van der Waals surface area contributed by atoms with Crippen LogP contribution in [0.1, 0.15) is 10.5 Å².